The fraction of sp³-hybridized carbons (Fsp3) is 0.222. The molecule has 4 rings (SSSR count). The van der Waals surface area contributed by atoms with E-state index in [1.807, 2.05) is 30.3 Å². The van der Waals surface area contributed by atoms with Crippen molar-refractivity contribution in [3.8, 4) is 0 Å². The Balaban J connectivity index is 1.58. The van der Waals surface area contributed by atoms with E-state index in [0.717, 1.165) is 40.3 Å². The van der Waals surface area contributed by atoms with Gasteiger partial charge in [-0.3, -0.25) is 0 Å². The number of thiophene rings is 1. The van der Waals surface area contributed by atoms with Gasteiger partial charge in [0.05, 0.1) is 23.8 Å². The van der Waals surface area contributed by atoms with Crippen LogP contribution in [0.2, 0.25) is 0 Å². The van der Waals surface area contributed by atoms with Crippen LogP contribution in [-0.2, 0) is 14.3 Å². The van der Waals surface area contributed by atoms with Gasteiger partial charge in [-0.05, 0) is 52.9 Å². The normalized spacial score (nSPS) is 19.2. The van der Waals surface area contributed by atoms with E-state index in [1.165, 1.54) is 5.00 Å². The molecule has 5 nitrogen and oxygen atoms in total. The number of carbonyl (C=O) groups is 1. The Morgan fingerprint density at radius 1 is 1.16 bits per heavy atom. The van der Waals surface area contributed by atoms with Crippen molar-refractivity contribution in [2.45, 2.75) is 0 Å². The third kappa shape index (κ3) is 3.63. The minimum Gasteiger partial charge on any atom is -0.402 e. The van der Waals surface area contributed by atoms with Crippen molar-refractivity contribution in [3.05, 3.63) is 56.1 Å². The summed E-state index contributed by atoms with van der Waals surface area (Å²) in [5.41, 5.74) is 1.17. The lowest BCUT2D eigenvalue weighted by Gasteiger charge is -2.27. The average molecular weight is 466 g/mol. The highest BCUT2D eigenvalue weighted by Crippen LogP contribution is 2.30. The van der Waals surface area contributed by atoms with Crippen molar-refractivity contribution in [3.63, 3.8) is 0 Å². The first-order valence-electron chi connectivity index (χ1n) is 7.91. The van der Waals surface area contributed by atoms with Gasteiger partial charge in [0.1, 0.15) is 0 Å². The molecule has 0 unspecified atom stereocenters. The van der Waals surface area contributed by atoms with Gasteiger partial charge >= 0.3 is 5.97 Å². The molecule has 0 spiro atoms. The van der Waals surface area contributed by atoms with Crippen LogP contribution < -0.4 is 4.90 Å². The number of aliphatic imine (C=N–C) groups is 1. The highest BCUT2D eigenvalue weighted by molar-refractivity contribution is 14.1. The fourth-order valence-electron chi connectivity index (χ4n) is 2.67. The largest absolute Gasteiger partial charge is 0.402 e. The Hall–Kier alpha value is -1.71. The Bertz CT molecular complexity index is 869. The predicted molar refractivity (Wildman–Crippen MR) is 107 cm³/mol. The van der Waals surface area contributed by atoms with Gasteiger partial charge in [-0.1, -0.05) is 12.1 Å². The first kappa shape index (κ1) is 16.7. The molecule has 0 bridgehead atoms. The zero-order valence-corrected chi connectivity index (χ0v) is 16.2. The zero-order chi connectivity index (χ0) is 17.2. The SMILES string of the molecule is O=C1OC(c2ccccc2I)=NC1=Cc1ccc(N2CCOCC2)s1. The standard InChI is InChI=1S/C18H15IN2O3S/c19-14-4-2-1-3-13(14)17-20-15(18(22)24-17)11-12-5-6-16(25-12)21-7-9-23-10-8-21/h1-6,11H,7-10H2. The highest BCUT2D eigenvalue weighted by atomic mass is 127. The molecule has 1 aromatic carbocycles. The molecule has 128 valence electrons. The summed E-state index contributed by atoms with van der Waals surface area (Å²) in [4.78, 5) is 19.8. The van der Waals surface area contributed by atoms with Gasteiger partial charge < -0.3 is 14.4 Å². The van der Waals surface area contributed by atoms with Gasteiger partial charge in [-0.25, -0.2) is 9.79 Å². The summed E-state index contributed by atoms with van der Waals surface area (Å²) in [6.45, 7) is 3.30. The summed E-state index contributed by atoms with van der Waals surface area (Å²) in [5.74, 6) is -0.0396. The number of halogens is 1. The van der Waals surface area contributed by atoms with Crippen molar-refractivity contribution in [2.24, 2.45) is 4.99 Å². The number of esters is 1. The van der Waals surface area contributed by atoms with Gasteiger partial charge in [-0.15, -0.1) is 11.3 Å². The summed E-state index contributed by atoms with van der Waals surface area (Å²) >= 11 is 3.85. The third-order valence-electron chi connectivity index (χ3n) is 3.94. The van der Waals surface area contributed by atoms with Crippen LogP contribution in [0.3, 0.4) is 0 Å². The molecule has 7 heteroatoms. The second kappa shape index (κ2) is 7.27. The number of rotatable bonds is 3. The molecule has 1 aromatic heterocycles. The maximum Gasteiger partial charge on any atom is 0.363 e. The Morgan fingerprint density at radius 3 is 2.76 bits per heavy atom. The van der Waals surface area contributed by atoms with E-state index >= 15 is 0 Å². The number of ether oxygens (including phenoxy) is 2. The van der Waals surface area contributed by atoms with Gasteiger partial charge in [0.2, 0.25) is 5.90 Å². The predicted octanol–water partition coefficient (Wildman–Crippen LogP) is 3.53. The molecule has 0 atom stereocenters. The van der Waals surface area contributed by atoms with Crippen LogP contribution in [0, 0.1) is 3.57 Å². The first-order valence-corrected chi connectivity index (χ1v) is 9.80. The maximum absolute atomic E-state index is 12.2. The molecule has 1 saturated heterocycles. The average Bonchev–Trinajstić information content (AvgIpc) is 3.24. The van der Waals surface area contributed by atoms with E-state index in [4.69, 9.17) is 9.47 Å². The number of cyclic esters (lactones) is 1. The fourth-order valence-corrected chi connectivity index (χ4v) is 4.28. The van der Waals surface area contributed by atoms with Crippen molar-refractivity contribution in [2.75, 3.05) is 31.2 Å². The molecule has 0 N–H and O–H groups in total. The monoisotopic (exact) mass is 466 g/mol. The zero-order valence-electron chi connectivity index (χ0n) is 13.3. The van der Waals surface area contributed by atoms with Crippen molar-refractivity contribution in [1.29, 1.82) is 0 Å². The Kier molecular flexibility index (Phi) is 4.87. The van der Waals surface area contributed by atoms with E-state index in [1.54, 1.807) is 17.4 Å². The number of nitrogens with zero attached hydrogens (tertiary/aromatic N) is 2. The van der Waals surface area contributed by atoms with Gasteiger partial charge in [0.25, 0.3) is 0 Å². The van der Waals surface area contributed by atoms with Crippen LogP contribution in [-0.4, -0.2) is 38.2 Å². The number of anilines is 1. The minimum absolute atomic E-state index is 0.338. The second-order valence-electron chi connectivity index (χ2n) is 5.59. The van der Waals surface area contributed by atoms with Crippen LogP contribution in [0.5, 0.6) is 0 Å². The molecule has 0 amide bonds. The van der Waals surface area contributed by atoms with E-state index in [9.17, 15) is 4.79 Å². The molecule has 0 aliphatic carbocycles. The number of benzene rings is 1. The van der Waals surface area contributed by atoms with E-state index < -0.39 is 5.97 Å². The lowest BCUT2D eigenvalue weighted by Crippen LogP contribution is -2.35. The molecule has 2 aromatic rings. The maximum atomic E-state index is 12.2. The number of carbonyl (C=O) groups excluding carboxylic acids is 1. The van der Waals surface area contributed by atoms with Gasteiger partial charge in [0.15, 0.2) is 5.70 Å². The summed E-state index contributed by atoms with van der Waals surface area (Å²) in [5, 5.41) is 1.18. The first-order chi connectivity index (χ1) is 12.2. The number of morpholine rings is 1. The van der Waals surface area contributed by atoms with Crippen molar-refractivity contribution in [1.82, 2.24) is 0 Å². The molecule has 1 fully saturated rings. The Morgan fingerprint density at radius 2 is 1.96 bits per heavy atom. The highest BCUT2D eigenvalue weighted by Gasteiger charge is 2.25. The molecule has 0 radical (unpaired) electrons. The molecule has 0 saturated carbocycles. The van der Waals surface area contributed by atoms with Crippen LogP contribution in [0.1, 0.15) is 10.4 Å². The summed E-state index contributed by atoms with van der Waals surface area (Å²) < 4.78 is 11.7. The van der Waals surface area contributed by atoms with Crippen LogP contribution in [0.25, 0.3) is 6.08 Å². The smallest absolute Gasteiger partial charge is 0.363 e. The van der Waals surface area contributed by atoms with Crippen LogP contribution in [0.15, 0.2) is 47.1 Å². The molecule has 3 heterocycles. The Labute approximate surface area is 163 Å². The topological polar surface area (TPSA) is 51.1 Å². The van der Waals surface area contributed by atoms with E-state index in [-0.39, 0.29) is 0 Å². The molecule has 25 heavy (non-hydrogen) atoms. The molecular weight excluding hydrogens is 451 g/mol. The van der Waals surface area contributed by atoms with Gasteiger partial charge in [-0.2, -0.15) is 0 Å². The molecular formula is C18H15IN2O3S. The minimum atomic E-state index is -0.407. The van der Waals surface area contributed by atoms with Crippen molar-refractivity contribution < 1.29 is 14.3 Å². The summed E-state index contributed by atoms with van der Waals surface area (Å²) in [6, 6.07) is 11.8. The summed E-state index contributed by atoms with van der Waals surface area (Å²) in [6.07, 6.45) is 1.79. The van der Waals surface area contributed by atoms with E-state index in [2.05, 4.69) is 38.5 Å². The van der Waals surface area contributed by atoms with Crippen molar-refractivity contribution >= 4 is 56.9 Å². The third-order valence-corrected chi connectivity index (χ3v) is 5.97. The quantitative estimate of drug-likeness (QED) is 0.395. The van der Waals surface area contributed by atoms with Crippen LogP contribution >= 0.6 is 33.9 Å². The van der Waals surface area contributed by atoms with Crippen LogP contribution in [0.4, 0.5) is 5.00 Å². The van der Waals surface area contributed by atoms with Gasteiger partial charge in [0, 0.05) is 21.5 Å². The summed E-state index contributed by atoms with van der Waals surface area (Å²) in [7, 11) is 0. The second-order valence-corrected chi connectivity index (χ2v) is 7.85. The molecule has 2 aliphatic rings. The number of hydrogen-bond acceptors (Lipinski definition) is 6. The van der Waals surface area contributed by atoms with E-state index in [0.29, 0.717) is 11.6 Å². The lowest BCUT2D eigenvalue weighted by atomic mass is 10.2. The molecule has 2 aliphatic heterocycles. The lowest BCUT2D eigenvalue weighted by molar-refractivity contribution is -0.129. The number of hydrogen-bond donors (Lipinski definition) is 0.